The summed E-state index contributed by atoms with van der Waals surface area (Å²) in [7, 11) is 0. The standard InChI is InChI=1S/C27H35ClFN3O4/c1-7-18-14(2)20-21(24(33)30-18)25(31-23(28)22(20)29)35-15(3)17-9-8-10-19(16-11-12-16)32(13-17)26(34)36-27(4,5)6/h7,15-17,19H,1,8-13H2,2-6H3,(H,30,33). The summed E-state index contributed by atoms with van der Waals surface area (Å²) in [6.45, 7) is 13.3. The second-order valence-corrected chi connectivity index (χ2v) is 11.4. The van der Waals surface area contributed by atoms with Gasteiger partial charge in [0.2, 0.25) is 5.88 Å². The highest BCUT2D eigenvalue weighted by atomic mass is 35.5. The zero-order valence-corrected chi connectivity index (χ0v) is 22.4. The Labute approximate surface area is 216 Å². The van der Waals surface area contributed by atoms with Crippen molar-refractivity contribution in [1.29, 1.82) is 0 Å². The lowest BCUT2D eigenvalue weighted by molar-refractivity contribution is 0.00719. The average molecular weight is 520 g/mol. The molecule has 2 aromatic heterocycles. The third kappa shape index (κ3) is 5.38. The minimum absolute atomic E-state index is 0.0142. The molecule has 0 spiro atoms. The molecule has 2 aliphatic rings. The highest BCUT2D eigenvalue weighted by Gasteiger charge is 2.42. The van der Waals surface area contributed by atoms with Crippen molar-refractivity contribution in [2.45, 2.75) is 84.5 Å². The maximum atomic E-state index is 15.0. The lowest BCUT2D eigenvalue weighted by Gasteiger charge is -2.35. The van der Waals surface area contributed by atoms with Crippen LogP contribution in [0.15, 0.2) is 11.4 Å². The molecule has 1 aliphatic carbocycles. The molecule has 3 atom stereocenters. The molecule has 1 aliphatic heterocycles. The number of rotatable bonds is 5. The van der Waals surface area contributed by atoms with Crippen LogP contribution < -0.4 is 10.3 Å². The van der Waals surface area contributed by atoms with Gasteiger partial charge in [-0.3, -0.25) is 4.79 Å². The number of hydrogen-bond acceptors (Lipinski definition) is 5. The number of ether oxygens (including phenoxy) is 2. The fourth-order valence-corrected chi connectivity index (χ4v) is 5.33. The van der Waals surface area contributed by atoms with Gasteiger partial charge in [-0.05, 0) is 77.9 Å². The van der Waals surface area contributed by atoms with E-state index < -0.39 is 23.1 Å². The van der Waals surface area contributed by atoms with Crippen LogP contribution in [-0.4, -0.2) is 45.3 Å². The van der Waals surface area contributed by atoms with Gasteiger partial charge in [-0.15, -0.1) is 0 Å². The number of pyridine rings is 2. The van der Waals surface area contributed by atoms with Gasteiger partial charge in [0, 0.05) is 29.6 Å². The van der Waals surface area contributed by atoms with E-state index in [0.29, 0.717) is 23.7 Å². The van der Waals surface area contributed by atoms with Crippen molar-refractivity contribution >= 4 is 34.5 Å². The van der Waals surface area contributed by atoms with Gasteiger partial charge in [-0.25, -0.2) is 9.18 Å². The van der Waals surface area contributed by atoms with Crippen LogP contribution in [0.4, 0.5) is 9.18 Å². The van der Waals surface area contributed by atoms with E-state index in [-0.39, 0.29) is 39.9 Å². The van der Waals surface area contributed by atoms with Crippen molar-refractivity contribution in [2.24, 2.45) is 11.8 Å². The molecule has 0 aromatic carbocycles. The zero-order valence-electron chi connectivity index (χ0n) is 21.6. The molecule has 1 saturated heterocycles. The van der Waals surface area contributed by atoms with Gasteiger partial charge < -0.3 is 19.4 Å². The second-order valence-electron chi connectivity index (χ2n) is 11.0. The third-order valence-corrected chi connectivity index (χ3v) is 7.43. The predicted octanol–water partition coefficient (Wildman–Crippen LogP) is 6.25. The van der Waals surface area contributed by atoms with E-state index in [1.54, 1.807) is 6.92 Å². The molecule has 9 heteroatoms. The van der Waals surface area contributed by atoms with Crippen molar-refractivity contribution in [3.8, 4) is 5.88 Å². The number of nitrogens with zero attached hydrogens (tertiary/aromatic N) is 2. The molecule has 2 aromatic rings. The molecule has 1 N–H and O–H groups in total. The van der Waals surface area contributed by atoms with Gasteiger partial charge in [-0.1, -0.05) is 24.6 Å². The molecule has 0 radical (unpaired) electrons. The van der Waals surface area contributed by atoms with Crippen LogP contribution >= 0.6 is 11.6 Å². The van der Waals surface area contributed by atoms with Gasteiger partial charge in [0.15, 0.2) is 11.0 Å². The maximum Gasteiger partial charge on any atom is 0.410 e. The molecule has 1 amide bonds. The third-order valence-electron chi connectivity index (χ3n) is 7.18. The Morgan fingerprint density at radius 2 is 1.97 bits per heavy atom. The van der Waals surface area contributed by atoms with Gasteiger partial charge in [0.1, 0.15) is 17.1 Å². The summed E-state index contributed by atoms with van der Waals surface area (Å²) in [6, 6.07) is 0.152. The van der Waals surface area contributed by atoms with Crippen LogP contribution in [0.2, 0.25) is 5.15 Å². The lowest BCUT2D eigenvalue weighted by atomic mass is 9.97. The lowest BCUT2D eigenvalue weighted by Crippen LogP contribution is -2.47. The largest absolute Gasteiger partial charge is 0.474 e. The minimum atomic E-state index is -0.767. The first kappa shape index (κ1) is 26.5. The number of halogens is 2. The van der Waals surface area contributed by atoms with E-state index in [9.17, 15) is 14.0 Å². The van der Waals surface area contributed by atoms with Crippen LogP contribution in [0.3, 0.4) is 0 Å². The molecule has 3 heterocycles. The van der Waals surface area contributed by atoms with Gasteiger partial charge >= 0.3 is 6.09 Å². The number of fused-ring (bicyclic) bond motifs is 1. The summed E-state index contributed by atoms with van der Waals surface area (Å²) in [5, 5.41) is -0.278. The van der Waals surface area contributed by atoms with E-state index in [1.807, 2.05) is 32.6 Å². The summed E-state index contributed by atoms with van der Waals surface area (Å²) in [5.41, 5.74) is -0.209. The molecule has 7 nitrogen and oxygen atoms in total. The molecule has 4 rings (SSSR count). The number of carbonyl (C=O) groups is 1. The van der Waals surface area contributed by atoms with Crippen LogP contribution in [-0.2, 0) is 4.74 Å². The summed E-state index contributed by atoms with van der Waals surface area (Å²) >= 11 is 6.12. The summed E-state index contributed by atoms with van der Waals surface area (Å²) < 4.78 is 27.0. The van der Waals surface area contributed by atoms with Crippen molar-refractivity contribution in [2.75, 3.05) is 6.54 Å². The number of aromatic nitrogens is 2. The highest BCUT2D eigenvalue weighted by Crippen LogP contribution is 2.41. The molecule has 196 valence electrons. The Kier molecular flexibility index (Phi) is 7.37. The molecule has 1 saturated carbocycles. The molecular weight excluding hydrogens is 485 g/mol. The van der Waals surface area contributed by atoms with Crippen molar-refractivity contribution in [1.82, 2.24) is 14.9 Å². The molecule has 3 unspecified atom stereocenters. The summed E-state index contributed by atoms with van der Waals surface area (Å²) in [4.78, 5) is 34.8. The van der Waals surface area contributed by atoms with Crippen LogP contribution in [0.25, 0.3) is 16.8 Å². The van der Waals surface area contributed by atoms with E-state index in [1.165, 1.54) is 6.08 Å². The van der Waals surface area contributed by atoms with Gasteiger partial charge in [-0.2, -0.15) is 4.98 Å². The first-order chi connectivity index (χ1) is 16.9. The maximum absolute atomic E-state index is 15.0. The monoisotopic (exact) mass is 519 g/mol. The van der Waals surface area contributed by atoms with Gasteiger partial charge in [0.25, 0.3) is 5.56 Å². The Bertz CT molecular complexity index is 1230. The topological polar surface area (TPSA) is 84.5 Å². The fourth-order valence-electron chi connectivity index (χ4n) is 5.16. The normalized spacial score (nSPS) is 21.7. The number of hydrogen-bond donors (Lipinski definition) is 1. The van der Waals surface area contributed by atoms with E-state index >= 15 is 0 Å². The smallest absolute Gasteiger partial charge is 0.410 e. The number of aromatic amines is 1. The average Bonchev–Trinajstić information content (AvgIpc) is 3.63. The molecule has 36 heavy (non-hydrogen) atoms. The van der Waals surface area contributed by atoms with E-state index in [4.69, 9.17) is 21.1 Å². The first-order valence-corrected chi connectivity index (χ1v) is 13.0. The molecule has 2 fully saturated rings. The molecular formula is C27H35ClFN3O4. The number of amides is 1. The van der Waals surface area contributed by atoms with Crippen LogP contribution in [0.5, 0.6) is 5.88 Å². The molecule has 0 bridgehead atoms. The number of carbonyl (C=O) groups excluding carboxylic acids is 1. The summed E-state index contributed by atoms with van der Waals surface area (Å²) in [5.74, 6) is -0.309. The van der Waals surface area contributed by atoms with Crippen molar-refractivity contribution < 1.29 is 18.7 Å². The number of nitrogens with one attached hydrogen (secondary N) is 1. The van der Waals surface area contributed by atoms with E-state index in [2.05, 4.69) is 16.5 Å². The van der Waals surface area contributed by atoms with Crippen LogP contribution in [0.1, 0.15) is 71.1 Å². The van der Waals surface area contributed by atoms with Gasteiger partial charge in [0.05, 0.1) is 0 Å². The Morgan fingerprint density at radius 3 is 2.58 bits per heavy atom. The number of likely N-dealkylation sites (tertiary alicyclic amines) is 1. The predicted molar refractivity (Wildman–Crippen MR) is 139 cm³/mol. The van der Waals surface area contributed by atoms with Crippen molar-refractivity contribution in [3.05, 3.63) is 39.2 Å². The second kappa shape index (κ2) is 10.0. The minimum Gasteiger partial charge on any atom is -0.474 e. The number of H-pyrrole nitrogens is 1. The Hall–Kier alpha value is -2.61. The fraction of sp³-hybridized carbons (Fsp3) is 0.593. The quantitative estimate of drug-likeness (QED) is 0.472. The Morgan fingerprint density at radius 1 is 1.28 bits per heavy atom. The first-order valence-electron chi connectivity index (χ1n) is 12.6. The number of aryl methyl sites for hydroxylation is 1. The Balaban J connectivity index is 1.65. The van der Waals surface area contributed by atoms with Crippen molar-refractivity contribution in [3.63, 3.8) is 0 Å². The summed E-state index contributed by atoms with van der Waals surface area (Å²) in [6.07, 6.45) is 5.69. The van der Waals surface area contributed by atoms with E-state index in [0.717, 1.165) is 32.1 Å². The highest BCUT2D eigenvalue weighted by molar-refractivity contribution is 6.30. The van der Waals surface area contributed by atoms with Crippen LogP contribution in [0, 0.1) is 24.6 Å². The SMILES string of the molecule is C=Cc1[nH]c(=O)c2c(OC(C)C3CCCC(C4CC4)N(C(=O)OC(C)(C)C)C3)nc(Cl)c(F)c2c1C. The zero-order chi connectivity index (χ0) is 26.4.